The minimum Gasteiger partial charge on any atom is -0.461 e. The molecular weight excluding hydrogens is 387 g/mol. The Morgan fingerprint density at radius 2 is 2.03 bits per heavy atom. The molecule has 1 aromatic heterocycles. The molecule has 0 saturated carbocycles. The standard InChI is InChI=1S/C22H25FN4O3/c1-3-30-22(29)19(24)17-13-27(21(28)18-5-4-10-25-18)12-14(2)20(17)26-11-15-6-8-16(23)9-7-15/h4-10,14,24-26H,3,11-13H2,1-2H3. The Morgan fingerprint density at radius 3 is 2.67 bits per heavy atom. The summed E-state index contributed by atoms with van der Waals surface area (Å²) >= 11 is 0. The van der Waals surface area contributed by atoms with Gasteiger partial charge in [0.05, 0.1) is 13.2 Å². The minimum atomic E-state index is -0.727. The Kier molecular flexibility index (Phi) is 6.66. The van der Waals surface area contributed by atoms with E-state index in [0.29, 0.717) is 30.1 Å². The number of ether oxygens (including phenoxy) is 1. The summed E-state index contributed by atoms with van der Waals surface area (Å²) in [6, 6.07) is 9.55. The number of aromatic nitrogens is 1. The lowest BCUT2D eigenvalue weighted by Gasteiger charge is -2.35. The average molecular weight is 412 g/mol. The van der Waals surface area contributed by atoms with Gasteiger partial charge in [0.2, 0.25) is 0 Å². The normalized spacial score (nSPS) is 16.4. The van der Waals surface area contributed by atoms with Crippen molar-refractivity contribution in [3.8, 4) is 0 Å². The molecule has 0 bridgehead atoms. The van der Waals surface area contributed by atoms with Crippen LogP contribution in [0.5, 0.6) is 0 Å². The average Bonchev–Trinajstić information content (AvgIpc) is 3.27. The molecule has 0 radical (unpaired) electrons. The Bertz CT molecular complexity index is 951. The van der Waals surface area contributed by atoms with Gasteiger partial charge in [0.15, 0.2) is 0 Å². The molecule has 1 amide bonds. The molecular formula is C22H25FN4O3. The van der Waals surface area contributed by atoms with Gasteiger partial charge in [-0.25, -0.2) is 9.18 Å². The van der Waals surface area contributed by atoms with Crippen LogP contribution >= 0.6 is 0 Å². The van der Waals surface area contributed by atoms with Gasteiger partial charge in [-0.15, -0.1) is 0 Å². The molecule has 0 fully saturated rings. The first-order valence-corrected chi connectivity index (χ1v) is 9.80. The summed E-state index contributed by atoms with van der Waals surface area (Å²) in [7, 11) is 0. The van der Waals surface area contributed by atoms with Crippen LogP contribution in [-0.2, 0) is 16.1 Å². The van der Waals surface area contributed by atoms with E-state index in [1.807, 2.05) is 6.92 Å². The molecule has 0 spiro atoms. The second-order valence-electron chi connectivity index (χ2n) is 7.14. The van der Waals surface area contributed by atoms with Crippen molar-refractivity contribution >= 4 is 17.6 Å². The van der Waals surface area contributed by atoms with Crippen LogP contribution < -0.4 is 5.32 Å². The second kappa shape index (κ2) is 9.39. The highest BCUT2D eigenvalue weighted by Gasteiger charge is 2.32. The SMILES string of the molecule is CCOC(=O)C(=N)C1=C(NCc2ccc(F)cc2)C(C)CN(C(=O)c2ccc[nH]2)C1. The molecule has 158 valence electrons. The fourth-order valence-electron chi connectivity index (χ4n) is 3.47. The highest BCUT2D eigenvalue weighted by atomic mass is 19.1. The molecule has 0 aliphatic carbocycles. The van der Waals surface area contributed by atoms with E-state index in [9.17, 15) is 14.0 Å². The van der Waals surface area contributed by atoms with E-state index in [1.54, 1.807) is 42.3 Å². The summed E-state index contributed by atoms with van der Waals surface area (Å²) in [5.41, 5.74) is 2.19. The van der Waals surface area contributed by atoms with Crippen LogP contribution in [0.15, 0.2) is 53.9 Å². The lowest BCUT2D eigenvalue weighted by molar-refractivity contribution is -0.135. The van der Waals surface area contributed by atoms with Gasteiger partial charge in [-0.05, 0) is 36.8 Å². The number of hydrogen-bond acceptors (Lipinski definition) is 5. The third-order valence-corrected chi connectivity index (χ3v) is 4.95. The van der Waals surface area contributed by atoms with Crippen LogP contribution in [0.4, 0.5) is 4.39 Å². The summed E-state index contributed by atoms with van der Waals surface area (Å²) < 4.78 is 18.2. The molecule has 30 heavy (non-hydrogen) atoms. The smallest absolute Gasteiger partial charge is 0.356 e. The quantitative estimate of drug-likeness (QED) is 0.481. The summed E-state index contributed by atoms with van der Waals surface area (Å²) in [6.45, 7) is 4.73. The van der Waals surface area contributed by atoms with Gasteiger partial charge < -0.3 is 19.9 Å². The Balaban J connectivity index is 1.87. The van der Waals surface area contributed by atoms with Crippen LogP contribution in [0.3, 0.4) is 0 Å². The number of amides is 1. The number of rotatable bonds is 7. The summed E-state index contributed by atoms with van der Waals surface area (Å²) in [5, 5.41) is 11.7. The molecule has 1 aliphatic heterocycles. The van der Waals surface area contributed by atoms with Gasteiger partial charge in [-0.1, -0.05) is 19.1 Å². The van der Waals surface area contributed by atoms with Gasteiger partial charge in [0, 0.05) is 36.5 Å². The number of nitrogens with zero attached hydrogens (tertiary/aromatic N) is 1. The number of benzene rings is 1. The lowest BCUT2D eigenvalue weighted by Crippen LogP contribution is -2.45. The Morgan fingerprint density at radius 1 is 1.30 bits per heavy atom. The largest absolute Gasteiger partial charge is 0.461 e. The van der Waals surface area contributed by atoms with Gasteiger partial charge in [-0.3, -0.25) is 10.2 Å². The number of aromatic amines is 1. The number of H-pyrrole nitrogens is 1. The van der Waals surface area contributed by atoms with Crippen molar-refractivity contribution in [3.05, 3.63) is 70.9 Å². The Hall–Kier alpha value is -3.42. The van der Waals surface area contributed by atoms with Gasteiger partial charge in [-0.2, -0.15) is 0 Å². The molecule has 7 nitrogen and oxygen atoms in total. The van der Waals surface area contributed by atoms with Crippen molar-refractivity contribution in [1.82, 2.24) is 15.2 Å². The maximum atomic E-state index is 13.2. The maximum absolute atomic E-state index is 13.2. The number of halogens is 1. The number of hydrogen-bond donors (Lipinski definition) is 3. The highest BCUT2D eigenvalue weighted by Crippen LogP contribution is 2.24. The zero-order chi connectivity index (χ0) is 21.7. The topological polar surface area (TPSA) is 98.3 Å². The third-order valence-electron chi connectivity index (χ3n) is 4.95. The molecule has 1 aliphatic rings. The van der Waals surface area contributed by atoms with E-state index in [4.69, 9.17) is 10.1 Å². The van der Waals surface area contributed by atoms with E-state index >= 15 is 0 Å². The molecule has 3 rings (SSSR count). The fourth-order valence-corrected chi connectivity index (χ4v) is 3.47. The highest BCUT2D eigenvalue weighted by molar-refractivity contribution is 6.42. The van der Waals surface area contributed by atoms with Crippen molar-refractivity contribution < 1.29 is 18.7 Å². The molecule has 1 aromatic carbocycles. The minimum absolute atomic E-state index is 0.117. The maximum Gasteiger partial charge on any atom is 0.356 e. The van der Waals surface area contributed by atoms with Crippen LogP contribution in [-0.4, -0.2) is 47.2 Å². The molecule has 0 saturated heterocycles. The molecule has 2 heterocycles. The van der Waals surface area contributed by atoms with E-state index < -0.39 is 5.97 Å². The first-order chi connectivity index (χ1) is 14.4. The Labute approximate surface area is 174 Å². The molecule has 8 heteroatoms. The van der Waals surface area contributed by atoms with E-state index in [0.717, 1.165) is 5.56 Å². The predicted octanol–water partition coefficient (Wildman–Crippen LogP) is 2.87. The van der Waals surface area contributed by atoms with Crippen molar-refractivity contribution in [2.45, 2.75) is 20.4 Å². The number of carbonyl (C=O) groups excluding carboxylic acids is 2. The van der Waals surface area contributed by atoms with Crippen LogP contribution in [0.1, 0.15) is 29.9 Å². The lowest BCUT2D eigenvalue weighted by atomic mass is 9.93. The monoisotopic (exact) mass is 412 g/mol. The number of esters is 1. The van der Waals surface area contributed by atoms with Crippen molar-refractivity contribution in [1.29, 1.82) is 5.41 Å². The van der Waals surface area contributed by atoms with Crippen LogP contribution in [0.2, 0.25) is 0 Å². The molecule has 2 aromatic rings. The van der Waals surface area contributed by atoms with E-state index in [1.165, 1.54) is 12.1 Å². The number of carbonyl (C=O) groups is 2. The first-order valence-electron chi connectivity index (χ1n) is 9.80. The summed E-state index contributed by atoms with van der Waals surface area (Å²) in [6.07, 6.45) is 1.67. The van der Waals surface area contributed by atoms with Crippen LogP contribution in [0, 0.1) is 17.1 Å². The van der Waals surface area contributed by atoms with E-state index in [2.05, 4.69) is 10.3 Å². The fraction of sp³-hybridized carbons (Fsp3) is 0.318. The zero-order valence-corrected chi connectivity index (χ0v) is 17.0. The van der Waals surface area contributed by atoms with Gasteiger partial charge >= 0.3 is 5.97 Å². The van der Waals surface area contributed by atoms with Crippen molar-refractivity contribution in [2.24, 2.45) is 5.92 Å². The van der Waals surface area contributed by atoms with Crippen molar-refractivity contribution in [3.63, 3.8) is 0 Å². The number of nitrogens with one attached hydrogen (secondary N) is 3. The van der Waals surface area contributed by atoms with Crippen LogP contribution in [0.25, 0.3) is 0 Å². The van der Waals surface area contributed by atoms with Crippen molar-refractivity contribution in [2.75, 3.05) is 19.7 Å². The first kappa shape index (κ1) is 21.3. The zero-order valence-electron chi connectivity index (χ0n) is 17.0. The van der Waals surface area contributed by atoms with Gasteiger partial charge in [0.1, 0.15) is 17.2 Å². The summed E-state index contributed by atoms with van der Waals surface area (Å²) in [5.74, 6) is -1.37. The molecule has 3 N–H and O–H groups in total. The van der Waals surface area contributed by atoms with Gasteiger partial charge in [0.25, 0.3) is 5.91 Å². The van der Waals surface area contributed by atoms with E-state index in [-0.39, 0.29) is 36.5 Å². The molecule has 1 atom stereocenters. The third kappa shape index (κ3) is 4.76. The molecule has 1 unspecified atom stereocenters. The predicted molar refractivity (Wildman–Crippen MR) is 110 cm³/mol. The second-order valence-corrected chi connectivity index (χ2v) is 7.14. The summed E-state index contributed by atoms with van der Waals surface area (Å²) in [4.78, 5) is 29.6.